The van der Waals surface area contributed by atoms with Crippen molar-refractivity contribution in [2.75, 3.05) is 4.90 Å². The largest absolute Gasteiger partial charge is 0.332 e. The minimum absolute atomic E-state index is 0.153. The number of anilines is 1. The van der Waals surface area contributed by atoms with Crippen LogP contribution in [-0.2, 0) is 32.0 Å². The van der Waals surface area contributed by atoms with Gasteiger partial charge in [-0.05, 0) is 24.1 Å². The second kappa shape index (κ2) is 8.79. The Balaban J connectivity index is 1.59. The van der Waals surface area contributed by atoms with Gasteiger partial charge in [0.2, 0.25) is 5.91 Å². The van der Waals surface area contributed by atoms with Crippen molar-refractivity contribution < 1.29 is 4.79 Å². The van der Waals surface area contributed by atoms with Crippen molar-refractivity contribution in [3.8, 4) is 0 Å². The van der Waals surface area contributed by atoms with Crippen LogP contribution in [0.1, 0.15) is 11.1 Å². The van der Waals surface area contributed by atoms with Crippen LogP contribution in [0.5, 0.6) is 0 Å². The molecule has 3 heterocycles. The molecular formula is C24H21ClN6O3S. The number of thiazole rings is 1. The number of aryl methyl sites for hydroxylation is 2. The minimum Gasteiger partial charge on any atom is -0.315 e. The maximum atomic E-state index is 13.7. The van der Waals surface area contributed by atoms with Crippen LogP contribution in [0.4, 0.5) is 5.13 Å². The molecule has 9 nitrogen and oxygen atoms in total. The SMILES string of the molecule is Cc1ccc(Cl)c2sc(N(Cc3ccccc3)C(=O)Cn3cnc4c3c(=O)n(C)c(=O)n4C)nc12. The predicted molar refractivity (Wildman–Crippen MR) is 137 cm³/mol. The van der Waals surface area contributed by atoms with Gasteiger partial charge in [-0.15, -0.1) is 0 Å². The first-order chi connectivity index (χ1) is 16.8. The topological polar surface area (TPSA) is 95.0 Å². The Bertz CT molecular complexity index is 1680. The van der Waals surface area contributed by atoms with Gasteiger partial charge in [-0.3, -0.25) is 23.6 Å². The second-order valence-corrected chi connectivity index (χ2v) is 9.64. The van der Waals surface area contributed by atoms with E-state index in [4.69, 9.17) is 16.6 Å². The summed E-state index contributed by atoms with van der Waals surface area (Å²) in [6.07, 6.45) is 1.41. The smallest absolute Gasteiger partial charge is 0.315 e. The van der Waals surface area contributed by atoms with Gasteiger partial charge in [0.25, 0.3) is 5.56 Å². The summed E-state index contributed by atoms with van der Waals surface area (Å²) in [4.78, 5) is 49.3. The van der Waals surface area contributed by atoms with Crippen LogP contribution in [0.25, 0.3) is 21.4 Å². The van der Waals surface area contributed by atoms with E-state index in [1.807, 2.05) is 49.4 Å². The van der Waals surface area contributed by atoms with Crippen molar-refractivity contribution in [2.24, 2.45) is 14.1 Å². The number of imidazole rings is 1. The van der Waals surface area contributed by atoms with Crippen LogP contribution in [0.15, 0.2) is 58.4 Å². The third-order valence-electron chi connectivity index (χ3n) is 5.92. The molecule has 0 aliphatic heterocycles. The monoisotopic (exact) mass is 508 g/mol. The van der Waals surface area contributed by atoms with E-state index in [2.05, 4.69) is 4.98 Å². The lowest BCUT2D eigenvalue weighted by Gasteiger charge is -2.20. The van der Waals surface area contributed by atoms with E-state index in [9.17, 15) is 14.4 Å². The lowest BCUT2D eigenvalue weighted by molar-refractivity contribution is -0.119. The third-order valence-corrected chi connectivity index (χ3v) is 7.46. The zero-order chi connectivity index (χ0) is 24.9. The third kappa shape index (κ3) is 3.94. The predicted octanol–water partition coefficient (Wildman–Crippen LogP) is 3.24. The van der Waals surface area contributed by atoms with Crippen molar-refractivity contribution in [3.63, 3.8) is 0 Å². The summed E-state index contributed by atoms with van der Waals surface area (Å²) in [6.45, 7) is 2.09. The van der Waals surface area contributed by atoms with Gasteiger partial charge < -0.3 is 4.57 Å². The fraction of sp³-hybridized carbons (Fsp3) is 0.208. The number of aromatic nitrogens is 5. The van der Waals surface area contributed by atoms with E-state index in [-0.39, 0.29) is 23.6 Å². The Morgan fingerprint density at radius 2 is 1.83 bits per heavy atom. The van der Waals surface area contributed by atoms with Crippen LogP contribution in [0.2, 0.25) is 5.02 Å². The zero-order valence-corrected chi connectivity index (χ0v) is 20.8. The van der Waals surface area contributed by atoms with Gasteiger partial charge in [-0.1, -0.05) is 59.3 Å². The van der Waals surface area contributed by atoms with E-state index in [1.54, 1.807) is 4.90 Å². The molecule has 35 heavy (non-hydrogen) atoms. The first-order valence-corrected chi connectivity index (χ1v) is 12.0. The summed E-state index contributed by atoms with van der Waals surface area (Å²) in [5, 5.41) is 1.08. The van der Waals surface area contributed by atoms with E-state index >= 15 is 0 Å². The van der Waals surface area contributed by atoms with Gasteiger partial charge in [0.05, 0.1) is 28.1 Å². The average molecular weight is 509 g/mol. The summed E-state index contributed by atoms with van der Waals surface area (Å²) in [7, 11) is 2.94. The molecule has 0 N–H and O–H groups in total. The van der Waals surface area contributed by atoms with E-state index in [1.165, 1.54) is 40.9 Å². The van der Waals surface area contributed by atoms with Crippen molar-refractivity contribution in [1.82, 2.24) is 23.7 Å². The van der Waals surface area contributed by atoms with E-state index in [0.717, 1.165) is 25.9 Å². The first-order valence-electron chi connectivity index (χ1n) is 10.8. The second-order valence-electron chi connectivity index (χ2n) is 8.25. The van der Waals surface area contributed by atoms with Crippen LogP contribution >= 0.6 is 22.9 Å². The van der Waals surface area contributed by atoms with Gasteiger partial charge >= 0.3 is 5.69 Å². The molecule has 11 heteroatoms. The summed E-state index contributed by atoms with van der Waals surface area (Å²) < 4.78 is 4.58. The molecule has 0 aliphatic rings. The van der Waals surface area contributed by atoms with Gasteiger partial charge in [0.1, 0.15) is 6.54 Å². The highest BCUT2D eigenvalue weighted by Gasteiger charge is 2.24. The van der Waals surface area contributed by atoms with Gasteiger partial charge in [-0.25, -0.2) is 14.8 Å². The standard InChI is InChI=1S/C24H21ClN6O3S/c1-14-9-10-16(25)20-18(14)27-23(35-20)31(11-15-7-5-4-6-8-15)17(32)12-30-13-26-21-19(30)22(33)29(3)24(34)28(21)2/h4-10,13H,11-12H2,1-3H3. The summed E-state index contributed by atoms with van der Waals surface area (Å²) >= 11 is 7.76. The van der Waals surface area contributed by atoms with Gasteiger partial charge in [0, 0.05) is 14.1 Å². The Morgan fingerprint density at radius 3 is 2.54 bits per heavy atom. The highest BCUT2D eigenvalue weighted by molar-refractivity contribution is 7.23. The molecule has 2 aromatic carbocycles. The van der Waals surface area contributed by atoms with Gasteiger partial charge in [-0.2, -0.15) is 0 Å². The normalized spacial score (nSPS) is 11.4. The van der Waals surface area contributed by atoms with Crippen LogP contribution in [-0.4, -0.2) is 29.6 Å². The van der Waals surface area contributed by atoms with E-state index < -0.39 is 11.2 Å². The molecule has 0 radical (unpaired) electrons. The number of carbonyl (C=O) groups excluding carboxylic acids is 1. The Hall–Kier alpha value is -3.76. The van der Waals surface area contributed by atoms with Crippen molar-refractivity contribution in [2.45, 2.75) is 20.0 Å². The molecule has 0 bridgehead atoms. The van der Waals surface area contributed by atoms with Crippen LogP contribution in [0.3, 0.4) is 0 Å². The molecule has 5 rings (SSSR count). The number of halogens is 1. The zero-order valence-electron chi connectivity index (χ0n) is 19.2. The van der Waals surface area contributed by atoms with Crippen molar-refractivity contribution in [3.05, 3.63) is 85.8 Å². The molecule has 0 atom stereocenters. The minimum atomic E-state index is -0.509. The molecule has 0 spiro atoms. The number of hydrogen-bond acceptors (Lipinski definition) is 6. The first kappa shape index (κ1) is 23.0. The number of benzene rings is 2. The molecule has 0 unspecified atom stereocenters. The van der Waals surface area contributed by atoms with Crippen LogP contribution in [0, 0.1) is 6.92 Å². The molecule has 0 fully saturated rings. The van der Waals surface area contributed by atoms with E-state index in [0.29, 0.717) is 16.7 Å². The lowest BCUT2D eigenvalue weighted by atomic mass is 10.2. The van der Waals surface area contributed by atoms with Crippen molar-refractivity contribution in [1.29, 1.82) is 0 Å². The molecule has 1 amide bonds. The Kier molecular flexibility index (Phi) is 5.78. The maximum absolute atomic E-state index is 13.7. The molecular weight excluding hydrogens is 488 g/mol. The maximum Gasteiger partial charge on any atom is 0.332 e. The molecule has 178 valence electrons. The summed E-state index contributed by atoms with van der Waals surface area (Å²) in [6, 6.07) is 13.3. The van der Waals surface area contributed by atoms with Crippen molar-refractivity contribution >= 4 is 55.4 Å². The highest BCUT2D eigenvalue weighted by atomic mass is 35.5. The molecule has 0 aliphatic carbocycles. The molecule has 0 saturated carbocycles. The number of rotatable bonds is 5. The van der Waals surface area contributed by atoms with Crippen LogP contribution < -0.4 is 16.1 Å². The number of hydrogen-bond donors (Lipinski definition) is 0. The molecule has 0 saturated heterocycles. The number of nitrogens with zero attached hydrogens (tertiary/aromatic N) is 6. The average Bonchev–Trinajstić information content (AvgIpc) is 3.49. The number of carbonyl (C=O) groups is 1. The quantitative estimate of drug-likeness (QED) is 0.363. The summed E-state index contributed by atoms with van der Waals surface area (Å²) in [5.74, 6) is -0.281. The highest BCUT2D eigenvalue weighted by Crippen LogP contribution is 2.36. The number of amides is 1. The Morgan fingerprint density at radius 1 is 1.09 bits per heavy atom. The Labute approximate surface area is 208 Å². The fourth-order valence-electron chi connectivity index (χ4n) is 3.98. The molecule has 5 aromatic rings. The number of fused-ring (bicyclic) bond motifs is 2. The van der Waals surface area contributed by atoms with Gasteiger partial charge in [0.15, 0.2) is 16.3 Å². The lowest BCUT2D eigenvalue weighted by Crippen LogP contribution is -2.38. The fourth-order valence-corrected chi connectivity index (χ4v) is 5.32. The molecule has 3 aromatic heterocycles. The summed E-state index contributed by atoms with van der Waals surface area (Å²) in [5.41, 5.74) is 2.06.